The van der Waals surface area contributed by atoms with Gasteiger partial charge in [-0.1, -0.05) is 11.6 Å². The molecule has 8 nitrogen and oxygen atoms in total. The number of nitrogens with zero attached hydrogens (tertiary/aromatic N) is 5. The Hall–Kier alpha value is -3.13. The summed E-state index contributed by atoms with van der Waals surface area (Å²) in [5, 5.41) is 10.7. The van der Waals surface area contributed by atoms with Crippen molar-refractivity contribution < 1.29 is 4.79 Å². The molecule has 0 atom stereocenters. The number of amides is 1. The molecule has 4 heterocycles. The molecule has 0 unspecified atom stereocenters. The molecule has 3 aromatic heterocycles. The number of pyridine rings is 2. The third-order valence-corrected chi connectivity index (χ3v) is 4.62. The monoisotopic (exact) mass is 383 g/mol. The minimum absolute atomic E-state index is 0.259. The van der Waals surface area contributed by atoms with E-state index in [-0.39, 0.29) is 11.1 Å². The average Bonchev–Trinajstić information content (AvgIpc) is 3.01. The van der Waals surface area contributed by atoms with E-state index in [1.807, 2.05) is 24.7 Å². The number of anilines is 3. The van der Waals surface area contributed by atoms with Gasteiger partial charge in [0.15, 0.2) is 5.82 Å². The van der Waals surface area contributed by atoms with Gasteiger partial charge in [-0.2, -0.15) is 5.10 Å². The second kappa shape index (κ2) is 6.55. The molecule has 2 N–H and O–H groups in total. The van der Waals surface area contributed by atoms with Gasteiger partial charge in [0.1, 0.15) is 10.8 Å². The first-order chi connectivity index (χ1) is 13.0. The van der Waals surface area contributed by atoms with Crippen molar-refractivity contribution in [2.45, 2.75) is 13.5 Å². The predicted octanol–water partition coefficient (Wildman–Crippen LogP) is 2.68. The van der Waals surface area contributed by atoms with Crippen molar-refractivity contribution in [2.24, 2.45) is 0 Å². The lowest BCUT2D eigenvalue weighted by molar-refractivity contribution is 0.0963. The van der Waals surface area contributed by atoms with Gasteiger partial charge in [-0.05, 0) is 25.1 Å². The van der Waals surface area contributed by atoms with Crippen molar-refractivity contribution in [1.29, 1.82) is 0 Å². The minimum atomic E-state index is -0.259. The van der Waals surface area contributed by atoms with Crippen LogP contribution in [0, 0.1) is 6.92 Å². The molecule has 0 aliphatic carbocycles. The van der Waals surface area contributed by atoms with Gasteiger partial charge < -0.3 is 15.5 Å². The normalized spacial score (nSPS) is 12.4. The molecule has 9 heteroatoms. The lowest BCUT2D eigenvalue weighted by Gasteiger charge is -2.30. The summed E-state index contributed by atoms with van der Waals surface area (Å²) < 4.78 is 1.93. The highest BCUT2D eigenvalue weighted by Gasteiger charge is 2.25. The first-order valence-electron chi connectivity index (χ1n) is 8.38. The van der Waals surface area contributed by atoms with Crippen molar-refractivity contribution in [2.75, 3.05) is 24.3 Å². The standard InChI is InChI=1S/C18H18ClN7O/c1-10-6-11-9-25(3)16-14(26(11)24-10)4-5-21-17(16)23-13-7-15(19)22-8-12(13)18(27)20-2/h4-8H,9H2,1-3H3,(H,20,27)(H,21,22,23). The Balaban J connectivity index is 1.82. The molecule has 0 saturated heterocycles. The molecular weight excluding hydrogens is 366 g/mol. The van der Waals surface area contributed by atoms with Gasteiger partial charge in [0, 0.05) is 26.5 Å². The Morgan fingerprint density at radius 2 is 2.11 bits per heavy atom. The van der Waals surface area contributed by atoms with E-state index < -0.39 is 0 Å². The molecule has 1 aliphatic heterocycles. The molecule has 0 saturated carbocycles. The fourth-order valence-electron chi connectivity index (χ4n) is 3.26. The van der Waals surface area contributed by atoms with Gasteiger partial charge in [-0.25, -0.2) is 14.6 Å². The average molecular weight is 384 g/mol. The largest absolute Gasteiger partial charge is 0.364 e. The van der Waals surface area contributed by atoms with Crippen LogP contribution in [0.15, 0.2) is 30.6 Å². The van der Waals surface area contributed by atoms with Crippen molar-refractivity contribution in [3.8, 4) is 5.69 Å². The zero-order valence-electron chi connectivity index (χ0n) is 15.1. The maximum Gasteiger partial charge on any atom is 0.254 e. The molecule has 3 aromatic rings. The highest BCUT2D eigenvalue weighted by molar-refractivity contribution is 6.29. The Morgan fingerprint density at radius 3 is 2.89 bits per heavy atom. The molecule has 4 rings (SSSR count). The summed E-state index contributed by atoms with van der Waals surface area (Å²) in [6.45, 7) is 2.67. The van der Waals surface area contributed by atoms with Gasteiger partial charge in [-0.15, -0.1) is 0 Å². The van der Waals surface area contributed by atoms with Crippen molar-refractivity contribution >= 4 is 34.7 Å². The number of nitrogens with one attached hydrogen (secondary N) is 2. The number of carbonyl (C=O) groups excluding carboxylic acids is 1. The van der Waals surface area contributed by atoms with Crippen LogP contribution in [0.25, 0.3) is 5.69 Å². The van der Waals surface area contributed by atoms with Gasteiger partial charge in [-0.3, -0.25) is 4.79 Å². The second-order valence-electron chi connectivity index (χ2n) is 6.33. The zero-order chi connectivity index (χ0) is 19.1. The second-order valence-corrected chi connectivity index (χ2v) is 6.72. The van der Waals surface area contributed by atoms with Gasteiger partial charge in [0.25, 0.3) is 5.91 Å². The quantitative estimate of drug-likeness (QED) is 0.676. The topological polar surface area (TPSA) is 88.0 Å². The van der Waals surface area contributed by atoms with Crippen LogP contribution in [0.5, 0.6) is 0 Å². The fraction of sp³-hybridized carbons (Fsp3) is 0.222. The Bertz CT molecular complexity index is 1050. The zero-order valence-corrected chi connectivity index (χ0v) is 15.9. The van der Waals surface area contributed by atoms with Crippen molar-refractivity contribution in [3.63, 3.8) is 0 Å². The van der Waals surface area contributed by atoms with Crippen molar-refractivity contribution in [1.82, 2.24) is 25.1 Å². The smallest absolute Gasteiger partial charge is 0.254 e. The molecule has 0 bridgehead atoms. The lowest BCUT2D eigenvalue weighted by Crippen LogP contribution is -2.27. The molecule has 0 radical (unpaired) electrons. The molecule has 138 valence electrons. The Morgan fingerprint density at radius 1 is 1.30 bits per heavy atom. The van der Waals surface area contributed by atoms with E-state index in [1.165, 1.54) is 6.20 Å². The molecule has 0 aromatic carbocycles. The Labute approximate surface area is 161 Å². The molecule has 0 spiro atoms. The fourth-order valence-corrected chi connectivity index (χ4v) is 3.41. The summed E-state index contributed by atoms with van der Waals surface area (Å²) in [6.07, 6.45) is 3.15. The number of hydrogen-bond donors (Lipinski definition) is 2. The van der Waals surface area contributed by atoms with Crippen LogP contribution in [0.3, 0.4) is 0 Å². The van der Waals surface area contributed by atoms with Crippen LogP contribution in [0.1, 0.15) is 21.7 Å². The summed E-state index contributed by atoms with van der Waals surface area (Å²) in [6, 6.07) is 5.60. The predicted molar refractivity (Wildman–Crippen MR) is 104 cm³/mol. The molecule has 27 heavy (non-hydrogen) atoms. The maximum atomic E-state index is 12.2. The van der Waals surface area contributed by atoms with Gasteiger partial charge >= 0.3 is 0 Å². The number of fused-ring (bicyclic) bond motifs is 3. The third kappa shape index (κ3) is 2.97. The van der Waals surface area contributed by atoms with E-state index in [0.29, 0.717) is 23.6 Å². The summed E-state index contributed by atoms with van der Waals surface area (Å²) >= 11 is 6.04. The Kier molecular flexibility index (Phi) is 4.19. The van der Waals surface area contributed by atoms with Crippen LogP contribution in [-0.2, 0) is 6.54 Å². The van der Waals surface area contributed by atoms with E-state index >= 15 is 0 Å². The lowest BCUT2D eigenvalue weighted by atomic mass is 10.2. The van der Waals surface area contributed by atoms with E-state index in [0.717, 1.165) is 22.8 Å². The number of hydrogen-bond acceptors (Lipinski definition) is 6. The summed E-state index contributed by atoms with van der Waals surface area (Å²) in [4.78, 5) is 22.8. The highest BCUT2D eigenvalue weighted by Crippen LogP contribution is 2.37. The highest BCUT2D eigenvalue weighted by atomic mass is 35.5. The van der Waals surface area contributed by atoms with Crippen molar-refractivity contribution in [3.05, 3.63) is 52.7 Å². The molecule has 1 aliphatic rings. The SMILES string of the molecule is CNC(=O)c1cnc(Cl)cc1Nc1nccc2c1N(C)Cc1cc(C)nn1-2. The first-order valence-corrected chi connectivity index (χ1v) is 8.76. The van der Waals surface area contributed by atoms with Crippen LogP contribution in [0.4, 0.5) is 17.2 Å². The van der Waals surface area contributed by atoms with Crippen LogP contribution < -0.4 is 15.5 Å². The van der Waals surface area contributed by atoms with E-state index in [2.05, 4.69) is 36.7 Å². The van der Waals surface area contributed by atoms with E-state index in [1.54, 1.807) is 19.3 Å². The van der Waals surface area contributed by atoms with Crippen LogP contribution in [0.2, 0.25) is 5.15 Å². The number of aromatic nitrogens is 4. The number of rotatable bonds is 3. The van der Waals surface area contributed by atoms with E-state index in [9.17, 15) is 4.79 Å². The summed E-state index contributed by atoms with van der Waals surface area (Å²) in [7, 11) is 3.56. The van der Waals surface area contributed by atoms with Crippen LogP contribution in [-0.4, -0.2) is 39.8 Å². The first kappa shape index (κ1) is 17.3. The number of halogens is 1. The number of carbonyl (C=O) groups is 1. The van der Waals surface area contributed by atoms with Gasteiger partial charge in [0.2, 0.25) is 0 Å². The number of aryl methyl sites for hydroxylation is 1. The molecule has 0 fully saturated rings. The summed E-state index contributed by atoms with van der Waals surface area (Å²) in [5.74, 6) is 0.353. The minimum Gasteiger partial charge on any atom is -0.364 e. The third-order valence-electron chi connectivity index (χ3n) is 4.41. The van der Waals surface area contributed by atoms with Crippen LogP contribution >= 0.6 is 11.6 Å². The maximum absolute atomic E-state index is 12.2. The van der Waals surface area contributed by atoms with Gasteiger partial charge in [0.05, 0.1) is 34.9 Å². The summed E-state index contributed by atoms with van der Waals surface area (Å²) in [5.41, 5.74) is 4.80. The molecule has 1 amide bonds. The van der Waals surface area contributed by atoms with E-state index in [4.69, 9.17) is 11.6 Å². The molecular formula is C18H18ClN7O.